The Hall–Kier alpha value is 0.360. The molecule has 0 amide bonds. The number of hydrogen-bond acceptors (Lipinski definition) is 0. The Labute approximate surface area is 114 Å². The zero-order valence-electron chi connectivity index (χ0n) is 11.8. The van der Waals surface area contributed by atoms with E-state index in [9.17, 15) is 25.2 Å². The third kappa shape index (κ3) is 38.1. The van der Waals surface area contributed by atoms with Crippen molar-refractivity contribution in [1.29, 1.82) is 0 Å². The first-order valence-electron chi connectivity index (χ1n) is 6.50. The summed E-state index contributed by atoms with van der Waals surface area (Å²) in [6.45, 7) is 6.92. The van der Waals surface area contributed by atoms with E-state index in [2.05, 4.69) is 20.8 Å². The maximum atomic E-state index is 9.87. The van der Waals surface area contributed by atoms with Gasteiger partial charge < -0.3 is 0 Å². The summed E-state index contributed by atoms with van der Waals surface area (Å²) in [6, 6.07) is 0. The molecule has 19 heavy (non-hydrogen) atoms. The quantitative estimate of drug-likeness (QED) is 0.194. The second-order valence-electron chi connectivity index (χ2n) is 4.39. The van der Waals surface area contributed by atoms with Gasteiger partial charge in [-0.1, -0.05) is 27.2 Å². The molecule has 122 valence electrons. The summed E-state index contributed by atoms with van der Waals surface area (Å²) in [7, 11) is -9.88. The second-order valence-corrected chi connectivity index (χ2v) is 8.76. The molecule has 8 heteroatoms. The molecule has 0 rings (SSSR count). The maximum absolute atomic E-state index is 10.7. The summed E-state index contributed by atoms with van der Waals surface area (Å²) in [5.74, 6) is 4.48. The zero-order valence-corrected chi connectivity index (χ0v) is 13.5. The van der Waals surface area contributed by atoms with Crippen LogP contribution in [0.1, 0.15) is 52.9 Å². The van der Waals surface area contributed by atoms with E-state index in [-0.39, 0.29) is 0 Å². The van der Waals surface area contributed by atoms with E-state index in [1.807, 2.05) is 0 Å². The van der Waals surface area contributed by atoms with Gasteiger partial charge in [0.15, 0.2) is 0 Å². The Balaban J connectivity index is 0. The summed E-state index contributed by atoms with van der Waals surface area (Å²) in [4.78, 5) is 0. The van der Waals surface area contributed by atoms with Crippen LogP contribution in [-0.4, -0.2) is 17.3 Å². The van der Waals surface area contributed by atoms with Gasteiger partial charge in [-0.05, 0) is 36.6 Å². The van der Waals surface area contributed by atoms with Gasteiger partial charge >= 0.3 is 33.0 Å². The summed E-state index contributed by atoms with van der Waals surface area (Å²) in [5, 5.41) is 0. The fourth-order valence-electron chi connectivity index (χ4n) is 1.44. The average molecular weight is 334 g/mol. The van der Waals surface area contributed by atoms with Crippen LogP contribution in [0.25, 0.3) is 0 Å². The molecule has 0 spiro atoms. The summed E-state index contributed by atoms with van der Waals surface area (Å²) < 4.78 is 59.2. The van der Waals surface area contributed by atoms with Crippen LogP contribution in [0.2, 0.25) is 0 Å². The van der Waals surface area contributed by atoms with Gasteiger partial charge in [0.25, 0.3) is 0 Å². The summed E-state index contributed by atoms with van der Waals surface area (Å²) in [6.07, 6.45) is 7.05. The molecule has 0 unspecified atom stereocenters. The van der Waals surface area contributed by atoms with E-state index in [4.69, 9.17) is 0 Å². The van der Waals surface area contributed by atoms with Gasteiger partial charge in [-0.25, -0.2) is 0 Å². The first kappa shape index (κ1) is 21.7. The van der Waals surface area contributed by atoms with Crippen LogP contribution >= 0.6 is 7.81 Å². The molecule has 0 aliphatic carbocycles. The molecule has 0 aromatic rings. The Bertz CT molecular complexity index is 207. The molecule has 0 heterocycles. The molecule has 0 aromatic heterocycles. The van der Waals surface area contributed by atoms with Crippen LogP contribution < -0.4 is 0 Å². The molecule has 0 aromatic carbocycles. The molecule has 0 bridgehead atoms. The average Bonchev–Trinajstić information content (AvgIpc) is 2.14. The molecule has 0 nitrogen and oxygen atoms in total. The molecule has 0 aliphatic heterocycles. The number of unbranched alkanes of at least 4 members (excludes halogenated alkanes) is 2. The molecule has 0 saturated carbocycles. The standard InChI is InChI=1S/C11H25S.F6P/c1-4-7-8-11-12(9-5-2)10-6-3;1-7(2,3,4,5)6/h4-11H2,1-3H3;/q+1;-1. The van der Waals surface area contributed by atoms with Crippen LogP contribution in [0.3, 0.4) is 0 Å². The van der Waals surface area contributed by atoms with Gasteiger partial charge in [-0.3, -0.25) is 0 Å². The third-order valence-electron chi connectivity index (χ3n) is 2.02. The molecule has 0 saturated heterocycles. The van der Waals surface area contributed by atoms with Crippen LogP contribution in [0.15, 0.2) is 0 Å². The van der Waals surface area contributed by atoms with E-state index >= 15 is 0 Å². The van der Waals surface area contributed by atoms with Crippen molar-refractivity contribution < 1.29 is 25.2 Å². The fourth-order valence-corrected chi connectivity index (χ4v) is 3.82. The van der Waals surface area contributed by atoms with Crippen molar-refractivity contribution >= 4 is 18.7 Å². The SMILES string of the molecule is CCCCC[S+](CCC)CCC.F[P-](F)(F)(F)(F)F. The third-order valence-corrected chi connectivity index (χ3v) is 4.86. The van der Waals surface area contributed by atoms with E-state index in [1.165, 1.54) is 49.4 Å². The molecular weight excluding hydrogens is 309 g/mol. The Morgan fingerprint density at radius 2 is 1.00 bits per heavy atom. The van der Waals surface area contributed by atoms with Gasteiger partial charge in [0.1, 0.15) is 17.3 Å². The molecule has 0 radical (unpaired) electrons. The van der Waals surface area contributed by atoms with Crippen molar-refractivity contribution in [3.63, 3.8) is 0 Å². The van der Waals surface area contributed by atoms with Crippen molar-refractivity contribution in [2.45, 2.75) is 52.9 Å². The molecular formula is C11H25F6PS. The van der Waals surface area contributed by atoms with Gasteiger partial charge in [0.2, 0.25) is 0 Å². The topological polar surface area (TPSA) is 0 Å². The van der Waals surface area contributed by atoms with Gasteiger partial charge in [0, 0.05) is 0 Å². The van der Waals surface area contributed by atoms with Crippen molar-refractivity contribution in [1.82, 2.24) is 0 Å². The first-order chi connectivity index (χ1) is 8.30. The molecule has 0 N–H and O–H groups in total. The van der Waals surface area contributed by atoms with Crippen molar-refractivity contribution in [3.05, 3.63) is 0 Å². The normalized spacial score (nSPS) is 15.5. The van der Waals surface area contributed by atoms with Gasteiger partial charge in [-0.2, -0.15) is 0 Å². The predicted octanol–water partition coefficient (Wildman–Crippen LogP) is 7.00. The van der Waals surface area contributed by atoms with Crippen LogP contribution in [0.5, 0.6) is 0 Å². The monoisotopic (exact) mass is 334 g/mol. The predicted molar refractivity (Wildman–Crippen MR) is 75.6 cm³/mol. The van der Waals surface area contributed by atoms with Gasteiger partial charge in [-0.15, -0.1) is 0 Å². The fraction of sp³-hybridized carbons (Fsp3) is 1.00. The van der Waals surface area contributed by atoms with E-state index in [0.717, 1.165) is 10.9 Å². The van der Waals surface area contributed by atoms with Crippen molar-refractivity contribution in [3.8, 4) is 0 Å². The van der Waals surface area contributed by atoms with E-state index in [0.29, 0.717) is 0 Å². The van der Waals surface area contributed by atoms with E-state index < -0.39 is 7.81 Å². The Morgan fingerprint density at radius 1 is 0.632 bits per heavy atom. The Morgan fingerprint density at radius 3 is 1.26 bits per heavy atom. The van der Waals surface area contributed by atoms with Crippen LogP contribution in [0, 0.1) is 0 Å². The summed E-state index contributed by atoms with van der Waals surface area (Å²) >= 11 is 0. The van der Waals surface area contributed by atoms with Crippen molar-refractivity contribution in [2.24, 2.45) is 0 Å². The molecule has 0 atom stereocenters. The van der Waals surface area contributed by atoms with Gasteiger partial charge in [0.05, 0.1) is 0 Å². The van der Waals surface area contributed by atoms with E-state index in [1.54, 1.807) is 0 Å². The second kappa shape index (κ2) is 7.96. The number of rotatable bonds is 8. The molecule has 0 aliphatic rings. The summed E-state index contributed by atoms with van der Waals surface area (Å²) in [5.41, 5.74) is 0. The number of halogens is 6. The number of hydrogen-bond donors (Lipinski definition) is 0. The first-order valence-corrected chi connectivity index (χ1v) is 10.3. The minimum absolute atomic E-state index is 0.774. The molecule has 0 fully saturated rings. The van der Waals surface area contributed by atoms with Crippen LogP contribution in [-0.2, 0) is 10.9 Å². The Kier molecular flexibility index (Phi) is 9.08. The zero-order chi connectivity index (χ0) is 15.6. The minimum atomic E-state index is -10.7. The van der Waals surface area contributed by atoms with Crippen LogP contribution in [0.4, 0.5) is 25.2 Å². The van der Waals surface area contributed by atoms with Crippen molar-refractivity contribution in [2.75, 3.05) is 17.3 Å².